The molecule has 0 spiro atoms. The summed E-state index contributed by atoms with van der Waals surface area (Å²) in [6.45, 7) is 4.88. The van der Waals surface area contributed by atoms with E-state index in [-0.39, 0.29) is 17.9 Å². The highest BCUT2D eigenvalue weighted by Gasteiger charge is 2.22. The molecule has 0 aromatic heterocycles. The SMILES string of the molecule is CCC(C)[C@H](N)C(=O)NCCC1CC1. The molecular formula is C11H22N2O. The van der Waals surface area contributed by atoms with Gasteiger partial charge in [0.1, 0.15) is 0 Å². The summed E-state index contributed by atoms with van der Waals surface area (Å²) in [6.07, 6.45) is 4.76. The molecule has 3 N–H and O–H groups in total. The Morgan fingerprint density at radius 2 is 2.21 bits per heavy atom. The fraction of sp³-hybridized carbons (Fsp3) is 0.909. The van der Waals surface area contributed by atoms with Gasteiger partial charge in [0, 0.05) is 6.54 Å². The predicted molar refractivity (Wildman–Crippen MR) is 57.8 cm³/mol. The second kappa shape index (κ2) is 5.35. The Labute approximate surface area is 86.4 Å². The van der Waals surface area contributed by atoms with E-state index in [1.54, 1.807) is 0 Å². The summed E-state index contributed by atoms with van der Waals surface area (Å²) in [5.41, 5.74) is 5.79. The molecule has 82 valence electrons. The van der Waals surface area contributed by atoms with Gasteiger partial charge >= 0.3 is 0 Å². The number of nitrogens with one attached hydrogen (secondary N) is 1. The van der Waals surface area contributed by atoms with E-state index in [0.29, 0.717) is 0 Å². The Morgan fingerprint density at radius 1 is 1.57 bits per heavy atom. The fourth-order valence-electron chi connectivity index (χ4n) is 1.44. The van der Waals surface area contributed by atoms with E-state index in [0.717, 1.165) is 25.3 Å². The van der Waals surface area contributed by atoms with E-state index >= 15 is 0 Å². The molecule has 1 unspecified atom stereocenters. The van der Waals surface area contributed by atoms with Crippen molar-refractivity contribution < 1.29 is 4.79 Å². The third-order valence-electron chi connectivity index (χ3n) is 3.11. The lowest BCUT2D eigenvalue weighted by Gasteiger charge is -2.17. The number of rotatable bonds is 6. The maximum atomic E-state index is 11.5. The minimum absolute atomic E-state index is 0.0139. The van der Waals surface area contributed by atoms with Crippen LogP contribution in [0.4, 0.5) is 0 Å². The lowest BCUT2D eigenvalue weighted by atomic mass is 9.99. The van der Waals surface area contributed by atoms with Gasteiger partial charge in [-0.1, -0.05) is 33.1 Å². The molecule has 0 aromatic carbocycles. The predicted octanol–water partition coefficient (Wildman–Crippen LogP) is 1.28. The van der Waals surface area contributed by atoms with Crippen molar-refractivity contribution in [1.82, 2.24) is 5.32 Å². The first kappa shape index (κ1) is 11.5. The quantitative estimate of drug-likeness (QED) is 0.675. The molecule has 1 aliphatic rings. The smallest absolute Gasteiger partial charge is 0.237 e. The van der Waals surface area contributed by atoms with Crippen LogP contribution in [0, 0.1) is 11.8 Å². The fourth-order valence-corrected chi connectivity index (χ4v) is 1.44. The molecule has 1 amide bonds. The molecule has 0 bridgehead atoms. The van der Waals surface area contributed by atoms with E-state index in [1.807, 2.05) is 6.92 Å². The summed E-state index contributed by atoms with van der Waals surface area (Å²) in [4.78, 5) is 11.5. The summed E-state index contributed by atoms with van der Waals surface area (Å²) in [5, 5.41) is 2.91. The van der Waals surface area contributed by atoms with Crippen LogP contribution in [0.15, 0.2) is 0 Å². The van der Waals surface area contributed by atoms with Gasteiger partial charge in [-0.2, -0.15) is 0 Å². The van der Waals surface area contributed by atoms with Crippen LogP contribution in [0.3, 0.4) is 0 Å². The molecule has 3 heteroatoms. The monoisotopic (exact) mass is 198 g/mol. The van der Waals surface area contributed by atoms with Gasteiger partial charge < -0.3 is 11.1 Å². The van der Waals surface area contributed by atoms with Crippen LogP contribution < -0.4 is 11.1 Å². The normalized spacial score (nSPS) is 20.2. The highest BCUT2D eigenvalue weighted by atomic mass is 16.2. The molecule has 0 aliphatic heterocycles. The molecule has 1 fully saturated rings. The highest BCUT2D eigenvalue weighted by Crippen LogP contribution is 2.31. The maximum absolute atomic E-state index is 11.5. The zero-order valence-corrected chi connectivity index (χ0v) is 9.25. The van der Waals surface area contributed by atoms with Gasteiger partial charge in [-0.25, -0.2) is 0 Å². The summed E-state index contributed by atoms with van der Waals surface area (Å²) in [7, 11) is 0. The average molecular weight is 198 g/mol. The van der Waals surface area contributed by atoms with Gasteiger partial charge in [0.25, 0.3) is 0 Å². The first-order valence-electron chi connectivity index (χ1n) is 5.68. The zero-order chi connectivity index (χ0) is 10.6. The molecule has 0 heterocycles. The van der Waals surface area contributed by atoms with Gasteiger partial charge in [-0.3, -0.25) is 4.79 Å². The molecule has 1 saturated carbocycles. The first-order chi connectivity index (χ1) is 6.65. The number of hydrogen-bond donors (Lipinski definition) is 2. The number of nitrogens with two attached hydrogens (primary N) is 1. The van der Waals surface area contributed by atoms with Gasteiger partial charge in [-0.05, 0) is 18.3 Å². The lowest BCUT2D eigenvalue weighted by molar-refractivity contribution is -0.123. The second-order valence-electron chi connectivity index (χ2n) is 4.43. The van der Waals surface area contributed by atoms with Gasteiger partial charge in [-0.15, -0.1) is 0 Å². The summed E-state index contributed by atoms with van der Waals surface area (Å²) < 4.78 is 0. The van der Waals surface area contributed by atoms with Gasteiger partial charge in [0.15, 0.2) is 0 Å². The molecule has 3 nitrogen and oxygen atoms in total. The Bertz CT molecular complexity index is 190. The molecule has 1 aliphatic carbocycles. The van der Waals surface area contributed by atoms with Gasteiger partial charge in [0.05, 0.1) is 6.04 Å². The highest BCUT2D eigenvalue weighted by molar-refractivity contribution is 5.81. The van der Waals surface area contributed by atoms with Crippen LogP contribution in [0.5, 0.6) is 0 Å². The Hall–Kier alpha value is -0.570. The van der Waals surface area contributed by atoms with E-state index in [2.05, 4.69) is 12.2 Å². The van der Waals surface area contributed by atoms with Crippen molar-refractivity contribution in [3.63, 3.8) is 0 Å². The van der Waals surface area contributed by atoms with Crippen molar-refractivity contribution in [3.8, 4) is 0 Å². The number of amides is 1. The Kier molecular flexibility index (Phi) is 4.39. The van der Waals surface area contributed by atoms with Crippen LogP contribution in [0.1, 0.15) is 39.5 Å². The summed E-state index contributed by atoms with van der Waals surface area (Å²) in [5.74, 6) is 1.16. The van der Waals surface area contributed by atoms with E-state index in [9.17, 15) is 4.79 Å². The van der Waals surface area contributed by atoms with Crippen LogP contribution in [-0.2, 0) is 4.79 Å². The maximum Gasteiger partial charge on any atom is 0.237 e. The van der Waals surface area contributed by atoms with Crippen molar-refractivity contribution in [2.24, 2.45) is 17.6 Å². The van der Waals surface area contributed by atoms with Crippen LogP contribution in [0.2, 0.25) is 0 Å². The first-order valence-corrected chi connectivity index (χ1v) is 5.68. The molecule has 2 atom stereocenters. The van der Waals surface area contributed by atoms with E-state index in [1.165, 1.54) is 12.8 Å². The minimum Gasteiger partial charge on any atom is -0.355 e. The molecule has 0 radical (unpaired) electrons. The van der Waals surface area contributed by atoms with E-state index in [4.69, 9.17) is 5.73 Å². The van der Waals surface area contributed by atoms with Crippen molar-refractivity contribution in [2.75, 3.05) is 6.54 Å². The minimum atomic E-state index is -0.334. The van der Waals surface area contributed by atoms with Crippen molar-refractivity contribution >= 4 is 5.91 Å². The topological polar surface area (TPSA) is 55.1 Å². The molecule has 0 saturated heterocycles. The van der Waals surface area contributed by atoms with Crippen molar-refractivity contribution in [2.45, 2.75) is 45.6 Å². The second-order valence-corrected chi connectivity index (χ2v) is 4.43. The average Bonchev–Trinajstić information content (AvgIpc) is 2.99. The number of hydrogen-bond acceptors (Lipinski definition) is 2. The van der Waals surface area contributed by atoms with Crippen LogP contribution in [-0.4, -0.2) is 18.5 Å². The molecule has 1 rings (SSSR count). The lowest BCUT2D eigenvalue weighted by Crippen LogP contribution is -2.44. The van der Waals surface area contributed by atoms with E-state index < -0.39 is 0 Å². The van der Waals surface area contributed by atoms with Crippen molar-refractivity contribution in [1.29, 1.82) is 0 Å². The van der Waals surface area contributed by atoms with Crippen LogP contribution >= 0.6 is 0 Å². The number of carbonyl (C=O) groups is 1. The third kappa shape index (κ3) is 3.66. The molecule has 0 aromatic rings. The van der Waals surface area contributed by atoms with Gasteiger partial charge in [0.2, 0.25) is 5.91 Å². The zero-order valence-electron chi connectivity index (χ0n) is 9.25. The Morgan fingerprint density at radius 3 is 2.71 bits per heavy atom. The number of carbonyl (C=O) groups excluding carboxylic acids is 1. The van der Waals surface area contributed by atoms with Crippen molar-refractivity contribution in [3.05, 3.63) is 0 Å². The summed E-state index contributed by atoms with van der Waals surface area (Å²) in [6, 6.07) is -0.334. The molecule has 14 heavy (non-hydrogen) atoms. The molecular weight excluding hydrogens is 176 g/mol. The largest absolute Gasteiger partial charge is 0.355 e. The standard InChI is InChI=1S/C11H22N2O/c1-3-8(2)10(12)11(14)13-7-6-9-4-5-9/h8-10H,3-7,12H2,1-2H3,(H,13,14)/t8?,10-/m0/s1. The Balaban J connectivity index is 2.11. The van der Waals surface area contributed by atoms with Crippen LogP contribution in [0.25, 0.3) is 0 Å². The summed E-state index contributed by atoms with van der Waals surface area (Å²) >= 11 is 0. The third-order valence-corrected chi connectivity index (χ3v) is 3.11.